The molecule has 1 N–H and O–H groups in total. The van der Waals surface area contributed by atoms with Crippen molar-refractivity contribution in [3.05, 3.63) is 100 Å². The zero-order valence-corrected chi connectivity index (χ0v) is 21.7. The van der Waals surface area contributed by atoms with E-state index in [2.05, 4.69) is 32.5 Å². The van der Waals surface area contributed by atoms with Crippen LogP contribution in [0.3, 0.4) is 0 Å². The lowest BCUT2D eigenvalue weighted by Crippen LogP contribution is -2.26. The van der Waals surface area contributed by atoms with Gasteiger partial charge in [-0.3, -0.25) is 14.1 Å². The fourth-order valence-corrected chi connectivity index (χ4v) is 4.72. The molecular formula is C29H30FN7O. The molecule has 2 aromatic carbocycles. The quantitative estimate of drug-likeness (QED) is 0.281. The molecule has 0 aliphatic carbocycles. The maximum Gasteiger partial charge on any atom is 0.333 e. The Morgan fingerprint density at radius 1 is 1.05 bits per heavy atom. The van der Waals surface area contributed by atoms with Gasteiger partial charge < -0.3 is 0 Å². The van der Waals surface area contributed by atoms with E-state index in [0.29, 0.717) is 23.8 Å². The second kappa shape index (κ2) is 10.9. The minimum Gasteiger partial charge on any atom is -0.292 e. The van der Waals surface area contributed by atoms with Gasteiger partial charge in [0, 0.05) is 23.7 Å². The highest BCUT2D eigenvalue weighted by atomic mass is 19.1. The van der Waals surface area contributed by atoms with E-state index in [1.54, 1.807) is 16.8 Å². The summed E-state index contributed by atoms with van der Waals surface area (Å²) in [5.74, 6) is 0.177. The average molecular weight is 512 g/mol. The van der Waals surface area contributed by atoms with Crippen LogP contribution in [0.4, 0.5) is 4.39 Å². The van der Waals surface area contributed by atoms with Crippen LogP contribution in [0.25, 0.3) is 28.3 Å². The Kier molecular flexibility index (Phi) is 7.26. The molecule has 3 heterocycles. The first-order valence-electron chi connectivity index (χ1n) is 12.9. The maximum absolute atomic E-state index is 15.0. The molecule has 0 aliphatic rings. The number of aryl methyl sites for hydroxylation is 1. The number of hydrogen-bond acceptors (Lipinski definition) is 5. The summed E-state index contributed by atoms with van der Waals surface area (Å²) >= 11 is 0. The van der Waals surface area contributed by atoms with Crippen LogP contribution in [0, 0.1) is 5.82 Å². The molecule has 8 nitrogen and oxygen atoms in total. The Morgan fingerprint density at radius 2 is 1.87 bits per heavy atom. The van der Waals surface area contributed by atoms with Gasteiger partial charge in [-0.2, -0.15) is 0 Å². The molecule has 0 saturated heterocycles. The normalized spacial score (nSPS) is 11.4. The number of hydrogen-bond donors (Lipinski definition) is 1. The number of unbranched alkanes of at least 4 members (excludes halogenated alkanes) is 1. The third-order valence-electron chi connectivity index (χ3n) is 6.71. The molecule has 5 aromatic rings. The highest BCUT2D eigenvalue weighted by molar-refractivity contribution is 5.77. The summed E-state index contributed by atoms with van der Waals surface area (Å²) in [4.78, 5) is 18.1. The zero-order valence-electron chi connectivity index (χ0n) is 21.7. The number of rotatable bonds is 9. The molecule has 194 valence electrons. The van der Waals surface area contributed by atoms with Gasteiger partial charge in [-0.25, -0.2) is 14.3 Å². The molecule has 0 amide bonds. The maximum atomic E-state index is 15.0. The van der Waals surface area contributed by atoms with Crippen LogP contribution in [-0.2, 0) is 13.0 Å². The third kappa shape index (κ3) is 4.91. The zero-order chi connectivity index (χ0) is 26.6. The van der Waals surface area contributed by atoms with Crippen molar-refractivity contribution in [2.45, 2.75) is 52.5 Å². The number of H-pyrrole nitrogens is 1. The van der Waals surface area contributed by atoms with E-state index in [9.17, 15) is 4.79 Å². The molecule has 0 radical (unpaired) electrons. The fraction of sp³-hybridized carbons (Fsp3) is 0.276. The van der Waals surface area contributed by atoms with E-state index in [4.69, 9.17) is 0 Å². The van der Waals surface area contributed by atoms with Gasteiger partial charge in [-0.05, 0) is 58.0 Å². The molecule has 9 heteroatoms. The largest absolute Gasteiger partial charge is 0.333 e. The number of benzene rings is 2. The summed E-state index contributed by atoms with van der Waals surface area (Å²) in [5, 5.41) is 14.1. The highest BCUT2D eigenvalue weighted by Crippen LogP contribution is 2.29. The van der Waals surface area contributed by atoms with Crippen molar-refractivity contribution in [2.24, 2.45) is 0 Å². The van der Waals surface area contributed by atoms with Gasteiger partial charge in [0.05, 0.1) is 12.2 Å². The molecule has 0 spiro atoms. The van der Waals surface area contributed by atoms with Gasteiger partial charge >= 0.3 is 5.69 Å². The number of aromatic amines is 1. The molecule has 0 atom stereocenters. The molecule has 0 saturated carbocycles. The predicted molar refractivity (Wildman–Crippen MR) is 145 cm³/mol. The van der Waals surface area contributed by atoms with E-state index in [0.717, 1.165) is 47.2 Å². The molecule has 0 aliphatic heterocycles. The van der Waals surface area contributed by atoms with Crippen LogP contribution in [0.5, 0.6) is 0 Å². The van der Waals surface area contributed by atoms with Crippen LogP contribution in [-0.4, -0.2) is 34.7 Å². The van der Waals surface area contributed by atoms with E-state index in [1.165, 1.54) is 10.6 Å². The SMILES string of the molecule is CCCCc1cn(-c2c(F)cccc2C(C)C)c(=O)n1Cc1ccc(-c2cccnc2-c2nnn[nH]2)cc1. The first kappa shape index (κ1) is 25.3. The van der Waals surface area contributed by atoms with Gasteiger partial charge in [0.2, 0.25) is 0 Å². The van der Waals surface area contributed by atoms with Crippen molar-refractivity contribution < 1.29 is 4.39 Å². The Bertz CT molecular complexity index is 1580. The second-order valence-corrected chi connectivity index (χ2v) is 9.64. The van der Waals surface area contributed by atoms with E-state index in [-0.39, 0.29) is 11.6 Å². The number of nitrogens with zero attached hydrogens (tertiary/aromatic N) is 6. The number of imidazole rings is 1. The number of pyridine rings is 1. The number of nitrogens with one attached hydrogen (secondary N) is 1. The van der Waals surface area contributed by atoms with E-state index < -0.39 is 5.82 Å². The lowest BCUT2D eigenvalue weighted by atomic mass is 10.0. The number of halogens is 1. The van der Waals surface area contributed by atoms with Crippen molar-refractivity contribution >= 4 is 0 Å². The van der Waals surface area contributed by atoms with Crippen LogP contribution in [0.15, 0.2) is 71.8 Å². The topological polar surface area (TPSA) is 94.3 Å². The van der Waals surface area contributed by atoms with Gasteiger partial charge in [0.25, 0.3) is 0 Å². The monoisotopic (exact) mass is 511 g/mol. The molecule has 0 unspecified atom stereocenters. The first-order chi connectivity index (χ1) is 18.5. The van der Waals surface area contributed by atoms with E-state index >= 15 is 4.39 Å². The van der Waals surface area contributed by atoms with E-state index in [1.807, 2.05) is 62.5 Å². The number of tetrazole rings is 1. The average Bonchev–Trinajstić information content (AvgIpc) is 3.57. The highest BCUT2D eigenvalue weighted by Gasteiger charge is 2.20. The van der Waals surface area contributed by atoms with Crippen molar-refractivity contribution in [1.82, 2.24) is 34.7 Å². The van der Waals surface area contributed by atoms with Crippen LogP contribution < -0.4 is 5.69 Å². The number of aromatic nitrogens is 7. The van der Waals surface area contributed by atoms with Crippen LogP contribution >= 0.6 is 0 Å². The van der Waals surface area contributed by atoms with Crippen molar-refractivity contribution in [3.63, 3.8) is 0 Å². The summed E-state index contributed by atoms with van der Waals surface area (Å²) < 4.78 is 18.3. The minimum absolute atomic E-state index is 0.0766. The Hall–Kier alpha value is -4.40. The minimum atomic E-state index is -0.393. The fourth-order valence-electron chi connectivity index (χ4n) is 4.72. The van der Waals surface area contributed by atoms with Gasteiger partial charge in [-0.1, -0.05) is 69.7 Å². The predicted octanol–water partition coefficient (Wildman–Crippen LogP) is 5.53. The summed E-state index contributed by atoms with van der Waals surface area (Å²) in [6, 6.07) is 16.8. The van der Waals surface area contributed by atoms with Gasteiger partial charge in [0.1, 0.15) is 11.5 Å². The number of para-hydroxylation sites is 1. The molecule has 0 bridgehead atoms. The van der Waals surface area contributed by atoms with Gasteiger partial charge in [-0.15, -0.1) is 5.10 Å². The van der Waals surface area contributed by atoms with Crippen LogP contribution in [0.1, 0.15) is 56.4 Å². The van der Waals surface area contributed by atoms with Crippen molar-refractivity contribution in [1.29, 1.82) is 0 Å². The van der Waals surface area contributed by atoms with Gasteiger partial charge in [0.15, 0.2) is 5.82 Å². The standard InChI is InChI=1S/C29H30FN7O/c1-4-5-8-22-18-37(27-23(19(2)3)9-6-11-25(27)30)29(38)36(22)17-20-12-14-21(15-13-20)24-10-7-16-31-26(24)28-32-34-35-33-28/h6-7,9-16,18-19H,4-5,8,17H2,1-3H3,(H,32,33,34,35). The lowest BCUT2D eigenvalue weighted by Gasteiger charge is -2.13. The Labute approximate surface area is 220 Å². The molecular weight excluding hydrogens is 481 g/mol. The Balaban J connectivity index is 1.51. The Morgan fingerprint density at radius 3 is 2.58 bits per heavy atom. The summed E-state index contributed by atoms with van der Waals surface area (Å²) in [5.41, 5.74) is 5.28. The lowest BCUT2D eigenvalue weighted by molar-refractivity contribution is 0.606. The summed E-state index contributed by atoms with van der Waals surface area (Å²) in [7, 11) is 0. The van der Waals surface area contributed by atoms with Crippen molar-refractivity contribution in [3.8, 4) is 28.3 Å². The van der Waals surface area contributed by atoms with Crippen LogP contribution in [0.2, 0.25) is 0 Å². The molecule has 3 aromatic heterocycles. The summed E-state index contributed by atoms with van der Waals surface area (Å²) in [6.07, 6.45) is 6.19. The third-order valence-corrected chi connectivity index (χ3v) is 6.71. The van der Waals surface area contributed by atoms with Crippen molar-refractivity contribution in [2.75, 3.05) is 0 Å². The molecule has 5 rings (SSSR count). The second-order valence-electron chi connectivity index (χ2n) is 9.64. The summed E-state index contributed by atoms with van der Waals surface area (Å²) in [6.45, 7) is 6.52. The molecule has 38 heavy (non-hydrogen) atoms. The smallest absolute Gasteiger partial charge is 0.292 e. The molecule has 0 fully saturated rings. The first-order valence-corrected chi connectivity index (χ1v) is 12.9.